The molecule has 57 heavy (non-hydrogen) atoms. The second-order valence-corrected chi connectivity index (χ2v) is 15.2. The van der Waals surface area contributed by atoms with E-state index in [1.165, 1.54) is 81.2 Å². The van der Waals surface area contributed by atoms with E-state index in [2.05, 4.69) is 210 Å². The molecule has 11 aromatic rings. The first-order chi connectivity index (χ1) is 28.3. The number of nitrogens with one attached hydrogen (secondary N) is 1. The highest BCUT2D eigenvalue weighted by Crippen LogP contribution is 2.46. The van der Waals surface area contributed by atoms with Crippen molar-refractivity contribution >= 4 is 87.2 Å². The predicted molar refractivity (Wildman–Crippen MR) is 242 cm³/mol. The third kappa shape index (κ3) is 4.96. The van der Waals surface area contributed by atoms with Crippen molar-refractivity contribution in [3.05, 3.63) is 217 Å². The molecule has 0 radical (unpaired) electrons. The van der Waals surface area contributed by atoms with Crippen LogP contribution in [0.3, 0.4) is 0 Å². The van der Waals surface area contributed by atoms with Gasteiger partial charge in [0, 0.05) is 38.4 Å². The molecule has 1 aliphatic heterocycles. The number of fused-ring (bicyclic) bond motifs is 12. The summed E-state index contributed by atoms with van der Waals surface area (Å²) in [7, 11) is 0. The zero-order chi connectivity index (χ0) is 37.5. The maximum Gasteiger partial charge on any atom is 0.135 e. The first-order valence-electron chi connectivity index (χ1n) is 19.7. The number of hydrogen-bond acceptors (Lipinski definition) is 2. The molecule has 3 heteroatoms. The highest BCUT2D eigenvalue weighted by Gasteiger charge is 2.25. The van der Waals surface area contributed by atoms with Crippen molar-refractivity contribution in [2.45, 2.75) is 6.04 Å². The molecule has 0 saturated carbocycles. The third-order valence-corrected chi connectivity index (χ3v) is 11.9. The van der Waals surface area contributed by atoms with Crippen molar-refractivity contribution in [3.63, 3.8) is 0 Å². The van der Waals surface area contributed by atoms with Gasteiger partial charge in [-0.25, -0.2) is 4.99 Å². The number of rotatable bonds is 4. The molecule has 0 aliphatic carbocycles. The Labute approximate surface area is 329 Å². The normalized spacial score (nSPS) is 14.5. The smallest absolute Gasteiger partial charge is 0.135 e. The van der Waals surface area contributed by atoms with Crippen molar-refractivity contribution in [1.29, 1.82) is 0 Å². The van der Waals surface area contributed by atoms with Crippen LogP contribution in [0, 0.1) is 0 Å². The van der Waals surface area contributed by atoms with Crippen LogP contribution in [-0.4, -0.2) is 10.4 Å². The van der Waals surface area contributed by atoms with Gasteiger partial charge in [-0.2, -0.15) is 0 Å². The van der Waals surface area contributed by atoms with Crippen molar-refractivity contribution < 1.29 is 0 Å². The summed E-state index contributed by atoms with van der Waals surface area (Å²) >= 11 is 0. The molecule has 1 aromatic heterocycles. The topological polar surface area (TPSA) is 29.3 Å². The van der Waals surface area contributed by atoms with E-state index in [-0.39, 0.29) is 6.04 Å². The highest BCUT2D eigenvalue weighted by atomic mass is 15.0. The molecule has 1 N–H and O–H groups in total. The van der Waals surface area contributed by atoms with Gasteiger partial charge >= 0.3 is 0 Å². The molecule has 1 atom stereocenters. The van der Waals surface area contributed by atoms with E-state index in [1.807, 2.05) is 0 Å². The monoisotopic (exact) mass is 725 g/mol. The van der Waals surface area contributed by atoms with E-state index in [1.54, 1.807) is 0 Å². The SMILES string of the molecule is C1=C(c2ccc3ccccc3c2)N=C(c2cc3c4ccccc4c4c(c5ccccc5n4-c4ccccc4)c3c3ccccc23)NC1c1ccc2ccccc2c1. The van der Waals surface area contributed by atoms with Gasteiger partial charge in [0.15, 0.2) is 0 Å². The minimum absolute atomic E-state index is 0.0962. The van der Waals surface area contributed by atoms with E-state index in [0.717, 1.165) is 28.3 Å². The number of benzene rings is 10. The minimum Gasteiger partial charge on any atom is -0.359 e. The molecular formula is C54H35N3. The van der Waals surface area contributed by atoms with E-state index >= 15 is 0 Å². The Morgan fingerprint density at radius 2 is 1.05 bits per heavy atom. The zero-order valence-corrected chi connectivity index (χ0v) is 31.0. The number of aromatic nitrogens is 1. The van der Waals surface area contributed by atoms with Crippen LogP contribution in [0.4, 0.5) is 0 Å². The summed E-state index contributed by atoms with van der Waals surface area (Å²) in [5, 5.41) is 18.7. The van der Waals surface area contributed by atoms with Crippen LogP contribution >= 0.6 is 0 Å². The van der Waals surface area contributed by atoms with Gasteiger partial charge in [0.25, 0.3) is 0 Å². The van der Waals surface area contributed by atoms with Gasteiger partial charge in [-0.1, -0.05) is 158 Å². The molecule has 10 aromatic carbocycles. The standard InChI is InChI=1S/C54H35N3/c1-2-18-40(19-3-1)57-50-25-13-12-24-45(50)52-51-43-22-10-8-20-41(43)47(32-46(51)42-21-9-11-23-44(42)53(52)57)54-55-48(38-28-26-34-14-4-6-16-36(34)30-38)33-49(56-54)39-29-27-35-15-5-7-17-37(35)31-39/h1-33,48H,(H,55,56). The first kappa shape index (κ1) is 31.8. The maximum atomic E-state index is 5.52. The Morgan fingerprint density at radius 1 is 0.439 bits per heavy atom. The van der Waals surface area contributed by atoms with Gasteiger partial charge in [0.05, 0.1) is 22.8 Å². The lowest BCUT2D eigenvalue weighted by molar-refractivity contribution is 0.783. The van der Waals surface area contributed by atoms with Crippen LogP contribution in [0.15, 0.2) is 205 Å². The van der Waals surface area contributed by atoms with Crippen LogP contribution in [0.1, 0.15) is 22.7 Å². The van der Waals surface area contributed by atoms with Crippen molar-refractivity contribution in [1.82, 2.24) is 9.88 Å². The molecule has 0 spiro atoms. The summed E-state index contributed by atoms with van der Waals surface area (Å²) in [6.45, 7) is 0. The van der Waals surface area contributed by atoms with Gasteiger partial charge in [-0.3, -0.25) is 0 Å². The van der Waals surface area contributed by atoms with Crippen LogP contribution in [0.5, 0.6) is 0 Å². The molecule has 0 amide bonds. The summed E-state index contributed by atoms with van der Waals surface area (Å²) < 4.78 is 2.46. The number of aliphatic imine (C=N–C) groups is 1. The third-order valence-electron chi connectivity index (χ3n) is 11.9. The van der Waals surface area contributed by atoms with E-state index in [9.17, 15) is 0 Å². The quantitative estimate of drug-likeness (QED) is 0.180. The largest absolute Gasteiger partial charge is 0.359 e. The average molecular weight is 726 g/mol. The fraction of sp³-hybridized carbons (Fsp3) is 0.0185. The average Bonchev–Trinajstić information content (AvgIpc) is 3.64. The lowest BCUT2D eigenvalue weighted by Crippen LogP contribution is -2.31. The van der Waals surface area contributed by atoms with E-state index < -0.39 is 0 Å². The molecule has 0 saturated heterocycles. The number of nitrogens with zero attached hydrogens (tertiary/aromatic N) is 2. The second kappa shape index (κ2) is 12.5. The molecule has 266 valence electrons. The lowest BCUT2D eigenvalue weighted by Gasteiger charge is -2.26. The second-order valence-electron chi connectivity index (χ2n) is 15.2. The minimum atomic E-state index is -0.0962. The van der Waals surface area contributed by atoms with Gasteiger partial charge in [0.1, 0.15) is 5.84 Å². The Bertz CT molecular complexity index is 3500. The van der Waals surface area contributed by atoms with E-state index in [0.29, 0.717) is 0 Å². The van der Waals surface area contributed by atoms with Gasteiger partial charge in [-0.05, 0) is 91.1 Å². The summed E-state index contributed by atoms with van der Waals surface area (Å²) in [6, 6.07) is 70.4. The van der Waals surface area contributed by atoms with Crippen LogP contribution in [-0.2, 0) is 0 Å². The zero-order valence-electron chi connectivity index (χ0n) is 31.0. The van der Waals surface area contributed by atoms with Crippen molar-refractivity contribution in [2.24, 2.45) is 4.99 Å². The van der Waals surface area contributed by atoms with Crippen molar-refractivity contribution in [2.75, 3.05) is 0 Å². The summed E-state index contributed by atoms with van der Waals surface area (Å²) in [5.41, 5.74) is 7.94. The highest BCUT2D eigenvalue weighted by molar-refractivity contribution is 6.38. The van der Waals surface area contributed by atoms with Gasteiger partial charge in [-0.15, -0.1) is 0 Å². The summed E-state index contributed by atoms with van der Waals surface area (Å²) in [6.07, 6.45) is 2.29. The van der Waals surface area contributed by atoms with Crippen molar-refractivity contribution in [3.8, 4) is 5.69 Å². The van der Waals surface area contributed by atoms with Crippen LogP contribution in [0.25, 0.3) is 87.1 Å². The van der Waals surface area contributed by atoms with E-state index in [4.69, 9.17) is 4.99 Å². The summed E-state index contributed by atoms with van der Waals surface area (Å²) in [4.78, 5) is 5.52. The molecule has 1 unspecified atom stereocenters. The fourth-order valence-electron chi connectivity index (χ4n) is 9.34. The fourth-order valence-corrected chi connectivity index (χ4v) is 9.34. The van der Waals surface area contributed by atoms with Crippen LogP contribution in [0.2, 0.25) is 0 Å². The first-order valence-corrected chi connectivity index (χ1v) is 19.7. The number of hydrogen-bond donors (Lipinski definition) is 1. The molecule has 3 nitrogen and oxygen atoms in total. The molecule has 0 bridgehead atoms. The molecular weight excluding hydrogens is 691 g/mol. The maximum absolute atomic E-state index is 5.52. The van der Waals surface area contributed by atoms with Crippen LogP contribution < -0.4 is 5.32 Å². The lowest BCUT2D eigenvalue weighted by atomic mass is 9.89. The Hall–Kier alpha value is -7.49. The number of para-hydroxylation sites is 2. The molecule has 1 aliphatic rings. The van der Waals surface area contributed by atoms with Gasteiger partial charge in [0.2, 0.25) is 0 Å². The predicted octanol–water partition coefficient (Wildman–Crippen LogP) is 13.7. The Morgan fingerprint density at radius 3 is 1.84 bits per heavy atom. The Balaban J connectivity index is 1.16. The molecule has 0 fully saturated rings. The summed E-state index contributed by atoms with van der Waals surface area (Å²) in [5.74, 6) is 0.868. The number of amidine groups is 1. The van der Waals surface area contributed by atoms with Gasteiger partial charge < -0.3 is 9.88 Å². The Kier molecular flexibility index (Phi) is 6.99. The molecule has 2 heterocycles. The molecule has 12 rings (SSSR count).